The van der Waals surface area contributed by atoms with E-state index in [1.54, 1.807) is 12.1 Å². The van der Waals surface area contributed by atoms with Crippen LogP contribution >= 0.6 is 11.6 Å². The summed E-state index contributed by atoms with van der Waals surface area (Å²) in [7, 11) is 0. The second kappa shape index (κ2) is 8.37. The summed E-state index contributed by atoms with van der Waals surface area (Å²) in [6.45, 7) is 7.26. The van der Waals surface area contributed by atoms with Crippen LogP contribution in [0.15, 0.2) is 28.8 Å². The second-order valence-electron chi connectivity index (χ2n) is 7.25. The summed E-state index contributed by atoms with van der Waals surface area (Å²) in [4.78, 5) is 21.1. The Labute approximate surface area is 164 Å². The molecular weight excluding hydrogens is 366 g/mol. The second-order valence-corrected chi connectivity index (χ2v) is 7.69. The van der Waals surface area contributed by atoms with Crippen LogP contribution in [0, 0.1) is 0 Å². The molecular formula is C19H26ClN5O2. The molecule has 3 rings (SSSR count). The molecule has 1 aromatic heterocycles. The Balaban J connectivity index is 1.54. The van der Waals surface area contributed by atoms with Gasteiger partial charge in [0.2, 0.25) is 17.6 Å². The molecule has 0 saturated carbocycles. The largest absolute Gasteiger partial charge is 0.339 e. The van der Waals surface area contributed by atoms with Gasteiger partial charge in [-0.15, -0.1) is 0 Å². The molecule has 1 unspecified atom stereocenters. The van der Waals surface area contributed by atoms with Gasteiger partial charge in [-0.3, -0.25) is 9.69 Å². The number of halogens is 1. The van der Waals surface area contributed by atoms with Gasteiger partial charge in [0.1, 0.15) is 0 Å². The molecule has 2 heterocycles. The van der Waals surface area contributed by atoms with Crippen molar-refractivity contribution in [2.75, 3.05) is 26.2 Å². The molecule has 146 valence electrons. The van der Waals surface area contributed by atoms with Crippen LogP contribution < -0.4 is 5.73 Å². The van der Waals surface area contributed by atoms with Gasteiger partial charge in [0.15, 0.2) is 0 Å². The number of nitrogens with two attached hydrogens (primary N) is 1. The summed E-state index contributed by atoms with van der Waals surface area (Å²) >= 11 is 5.91. The quantitative estimate of drug-likeness (QED) is 0.814. The molecule has 0 radical (unpaired) electrons. The van der Waals surface area contributed by atoms with Gasteiger partial charge in [0, 0.05) is 36.8 Å². The lowest BCUT2D eigenvalue weighted by Crippen LogP contribution is -2.58. The van der Waals surface area contributed by atoms with Gasteiger partial charge in [-0.2, -0.15) is 4.98 Å². The monoisotopic (exact) mass is 391 g/mol. The number of rotatable bonds is 6. The number of piperazine rings is 1. The van der Waals surface area contributed by atoms with E-state index in [4.69, 9.17) is 21.9 Å². The predicted octanol–water partition coefficient (Wildman–Crippen LogP) is 2.55. The zero-order valence-corrected chi connectivity index (χ0v) is 16.6. The summed E-state index contributed by atoms with van der Waals surface area (Å²) < 4.78 is 5.38. The van der Waals surface area contributed by atoms with Gasteiger partial charge >= 0.3 is 0 Å². The molecule has 7 nitrogen and oxygen atoms in total. The molecule has 8 heteroatoms. The number of aromatic nitrogens is 2. The van der Waals surface area contributed by atoms with Crippen molar-refractivity contribution in [3.8, 4) is 11.4 Å². The number of hydrogen-bond acceptors (Lipinski definition) is 6. The average molecular weight is 392 g/mol. The fourth-order valence-corrected chi connectivity index (χ4v) is 3.45. The van der Waals surface area contributed by atoms with Crippen molar-refractivity contribution in [2.45, 2.75) is 38.8 Å². The number of hydrogen-bond donors (Lipinski definition) is 1. The standard InChI is InChI=1S/C19H26ClN5O2/c1-3-8-19(2,21)18(26)25-11-9-24(10-12-25)13-16-22-17(23-27-16)14-4-6-15(20)7-5-14/h4-7H,3,8-13,21H2,1-2H3. The molecule has 0 spiro atoms. The highest BCUT2D eigenvalue weighted by Gasteiger charge is 2.33. The molecule has 1 aliphatic heterocycles. The van der Waals surface area contributed by atoms with E-state index in [1.165, 1.54) is 0 Å². The van der Waals surface area contributed by atoms with E-state index in [9.17, 15) is 4.79 Å². The summed E-state index contributed by atoms with van der Waals surface area (Å²) in [6, 6.07) is 7.32. The Morgan fingerprint density at radius 3 is 2.56 bits per heavy atom. The molecule has 2 aromatic rings. The van der Waals surface area contributed by atoms with Gasteiger partial charge in [0.05, 0.1) is 12.1 Å². The van der Waals surface area contributed by atoms with Crippen LogP contribution in [-0.4, -0.2) is 57.6 Å². The number of nitrogens with zero attached hydrogens (tertiary/aromatic N) is 4. The highest BCUT2D eigenvalue weighted by molar-refractivity contribution is 6.30. The summed E-state index contributed by atoms with van der Waals surface area (Å²) in [5, 5.41) is 4.71. The first-order valence-corrected chi connectivity index (χ1v) is 9.66. The Kier molecular flexibility index (Phi) is 6.14. The molecule has 0 aliphatic carbocycles. The minimum Gasteiger partial charge on any atom is -0.339 e. The molecule has 1 amide bonds. The summed E-state index contributed by atoms with van der Waals surface area (Å²) in [5.41, 5.74) is 6.26. The third kappa shape index (κ3) is 4.86. The van der Waals surface area contributed by atoms with E-state index in [1.807, 2.05) is 30.9 Å². The minimum absolute atomic E-state index is 0.0341. The van der Waals surface area contributed by atoms with Crippen molar-refractivity contribution in [1.29, 1.82) is 0 Å². The van der Waals surface area contributed by atoms with Crippen molar-refractivity contribution in [2.24, 2.45) is 5.73 Å². The van der Waals surface area contributed by atoms with Gasteiger partial charge in [-0.25, -0.2) is 0 Å². The zero-order chi connectivity index (χ0) is 19.4. The van der Waals surface area contributed by atoms with E-state index in [-0.39, 0.29) is 5.91 Å². The van der Waals surface area contributed by atoms with E-state index in [0.717, 1.165) is 25.1 Å². The lowest BCUT2D eigenvalue weighted by Gasteiger charge is -2.38. The molecule has 1 saturated heterocycles. The van der Waals surface area contributed by atoms with Gasteiger partial charge < -0.3 is 15.2 Å². The molecule has 1 atom stereocenters. The van der Waals surface area contributed by atoms with Gasteiger partial charge in [0.25, 0.3) is 0 Å². The zero-order valence-electron chi connectivity index (χ0n) is 15.8. The number of carbonyl (C=O) groups is 1. The lowest BCUT2D eigenvalue weighted by atomic mass is 9.95. The van der Waals surface area contributed by atoms with Crippen LogP contribution in [0.5, 0.6) is 0 Å². The van der Waals surface area contributed by atoms with Crippen LogP contribution in [-0.2, 0) is 11.3 Å². The van der Waals surface area contributed by atoms with Crippen LogP contribution in [0.25, 0.3) is 11.4 Å². The first-order valence-electron chi connectivity index (χ1n) is 9.28. The highest BCUT2D eigenvalue weighted by atomic mass is 35.5. The third-order valence-corrected chi connectivity index (χ3v) is 5.10. The van der Waals surface area contributed by atoms with Gasteiger partial charge in [-0.05, 0) is 37.6 Å². The van der Waals surface area contributed by atoms with E-state index < -0.39 is 5.54 Å². The van der Waals surface area contributed by atoms with Crippen molar-refractivity contribution in [3.63, 3.8) is 0 Å². The fraction of sp³-hybridized carbons (Fsp3) is 0.526. The number of amides is 1. The molecule has 1 aromatic carbocycles. The number of benzene rings is 1. The molecule has 2 N–H and O–H groups in total. The van der Waals surface area contributed by atoms with E-state index >= 15 is 0 Å². The average Bonchev–Trinajstić information content (AvgIpc) is 3.11. The number of carbonyl (C=O) groups excluding carboxylic acids is 1. The lowest BCUT2D eigenvalue weighted by molar-refractivity contribution is -0.138. The Morgan fingerprint density at radius 1 is 1.26 bits per heavy atom. The molecule has 1 aliphatic rings. The molecule has 0 bridgehead atoms. The Morgan fingerprint density at radius 2 is 1.93 bits per heavy atom. The van der Waals surface area contributed by atoms with Crippen LogP contribution in [0.2, 0.25) is 5.02 Å². The van der Waals surface area contributed by atoms with Crippen molar-refractivity contribution in [3.05, 3.63) is 35.2 Å². The SMILES string of the molecule is CCCC(C)(N)C(=O)N1CCN(Cc2nc(-c3ccc(Cl)cc3)no2)CC1. The smallest absolute Gasteiger partial charge is 0.242 e. The normalized spacial score (nSPS) is 17.7. The highest BCUT2D eigenvalue weighted by Crippen LogP contribution is 2.20. The first kappa shape index (κ1) is 19.8. The first-order chi connectivity index (χ1) is 12.9. The van der Waals surface area contributed by atoms with Crippen LogP contribution in [0.1, 0.15) is 32.6 Å². The maximum atomic E-state index is 12.6. The van der Waals surface area contributed by atoms with Crippen molar-refractivity contribution >= 4 is 17.5 Å². The van der Waals surface area contributed by atoms with Crippen molar-refractivity contribution in [1.82, 2.24) is 19.9 Å². The topological polar surface area (TPSA) is 88.5 Å². The minimum atomic E-state index is -0.781. The maximum Gasteiger partial charge on any atom is 0.242 e. The molecule has 27 heavy (non-hydrogen) atoms. The van der Waals surface area contributed by atoms with Crippen LogP contribution in [0.3, 0.4) is 0 Å². The summed E-state index contributed by atoms with van der Waals surface area (Å²) in [5.74, 6) is 1.15. The maximum absolute atomic E-state index is 12.6. The third-order valence-electron chi connectivity index (χ3n) is 4.85. The fourth-order valence-electron chi connectivity index (χ4n) is 3.32. The van der Waals surface area contributed by atoms with E-state index in [0.29, 0.717) is 42.8 Å². The van der Waals surface area contributed by atoms with Crippen molar-refractivity contribution < 1.29 is 9.32 Å². The molecule has 1 fully saturated rings. The Hall–Kier alpha value is -1.96. The summed E-state index contributed by atoms with van der Waals surface area (Å²) in [6.07, 6.45) is 1.59. The predicted molar refractivity (Wildman–Crippen MR) is 104 cm³/mol. The van der Waals surface area contributed by atoms with Gasteiger partial charge in [-0.1, -0.05) is 30.1 Å². The van der Waals surface area contributed by atoms with E-state index in [2.05, 4.69) is 15.0 Å². The van der Waals surface area contributed by atoms with Crippen LogP contribution in [0.4, 0.5) is 0 Å². The Bertz CT molecular complexity index is 767.